The standard InChI is InChI=1S/C44H70O17/c1-19-8-13-43(54-18-19)21(3)44(53)29(61-43)15-26-24-7-6-22-14-23(9-11-41(22,4)25(24)10-12-42(26,44)5)56-39-35(52)33(50)36(28(17-46)58-39)59-40-37(31(48)27(16-45)57-40)60-38-34(51)32(49)30(47)20(2)55-38/h6,19-21,23-40,45-53H,7-18H2,1-5H3/t19-,20-,21-,23-,24-,25+,26+,27-,28+,29+,30-,31-,32+,33-,34-,35+,36-,37-,38+,39-,40+,41-,42+,43-,44-/m0/s1. The Morgan fingerprint density at radius 1 is 0.705 bits per heavy atom. The summed E-state index contributed by atoms with van der Waals surface area (Å²) in [5.41, 5.74) is 0.0129. The Balaban J connectivity index is 0.844. The first-order valence-corrected chi connectivity index (χ1v) is 22.9. The number of ether oxygens (including phenoxy) is 8. The molecule has 17 nitrogen and oxygen atoms in total. The summed E-state index contributed by atoms with van der Waals surface area (Å²) in [5, 5.41) is 97.8. The van der Waals surface area contributed by atoms with Crippen molar-refractivity contribution in [2.75, 3.05) is 19.8 Å². The molecule has 3 saturated carbocycles. The topological polar surface area (TPSA) is 256 Å². The summed E-state index contributed by atoms with van der Waals surface area (Å²) in [4.78, 5) is 0. The first-order valence-electron chi connectivity index (χ1n) is 22.9. The Labute approximate surface area is 357 Å². The largest absolute Gasteiger partial charge is 0.394 e. The van der Waals surface area contributed by atoms with Crippen LogP contribution in [0.5, 0.6) is 0 Å². The molecule has 5 heterocycles. The van der Waals surface area contributed by atoms with E-state index in [4.69, 9.17) is 37.9 Å². The minimum Gasteiger partial charge on any atom is -0.394 e. The van der Waals surface area contributed by atoms with E-state index in [0.29, 0.717) is 43.1 Å². The van der Waals surface area contributed by atoms with Gasteiger partial charge < -0.3 is 83.9 Å². The SMILES string of the molecule is C[C@H]1CC[C@]2(OC1)O[C@@H]1C[C@@H]3[C@H]4CC=C5C[C@@H](O[C@H]6O[C@H](CO)[C@H](O[C@H]7O[C@@H](CO)[C@H](O)[C@@H]7O[C@H]7O[C@@H](C)[C@H](O)[C@@H](O)[C@@H]7O)[C@@H](O)[C@H]6O)CC[C@]5(C)[C@@H]4CC[C@@]3(C)[C@]1(O)[C@H]2C. The lowest BCUT2D eigenvalue weighted by Crippen LogP contribution is -2.62. The molecule has 348 valence electrons. The maximum absolute atomic E-state index is 12.7. The number of aliphatic hydroxyl groups is 9. The molecule has 0 radical (unpaired) electrons. The number of hydrogen-bond acceptors (Lipinski definition) is 17. The van der Waals surface area contributed by atoms with Crippen LogP contribution in [0.3, 0.4) is 0 Å². The van der Waals surface area contributed by atoms with E-state index >= 15 is 0 Å². The van der Waals surface area contributed by atoms with Crippen molar-refractivity contribution in [1.82, 2.24) is 0 Å². The number of hydrogen-bond donors (Lipinski definition) is 9. The van der Waals surface area contributed by atoms with Crippen molar-refractivity contribution in [3.8, 4) is 0 Å². The molecule has 0 bridgehead atoms. The van der Waals surface area contributed by atoms with Gasteiger partial charge in [0.25, 0.3) is 0 Å². The van der Waals surface area contributed by atoms with Gasteiger partial charge in [0.05, 0.1) is 38.1 Å². The highest BCUT2D eigenvalue weighted by Gasteiger charge is 2.76. The summed E-state index contributed by atoms with van der Waals surface area (Å²) in [6.07, 6.45) is -10.7. The van der Waals surface area contributed by atoms with Gasteiger partial charge in [0.1, 0.15) is 66.6 Å². The molecule has 25 atom stereocenters. The van der Waals surface area contributed by atoms with Gasteiger partial charge in [-0.25, -0.2) is 0 Å². The number of rotatable bonds is 8. The van der Waals surface area contributed by atoms with Crippen molar-refractivity contribution in [3.05, 3.63) is 11.6 Å². The Morgan fingerprint density at radius 2 is 1.39 bits per heavy atom. The van der Waals surface area contributed by atoms with Gasteiger partial charge in [0, 0.05) is 17.8 Å². The molecular weight excluding hydrogens is 800 g/mol. The predicted octanol–water partition coefficient (Wildman–Crippen LogP) is -0.0319. The molecule has 9 aliphatic rings. The maximum atomic E-state index is 12.7. The van der Waals surface area contributed by atoms with Gasteiger partial charge >= 0.3 is 0 Å². The zero-order valence-electron chi connectivity index (χ0n) is 36.0. The molecule has 9 N–H and O–H groups in total. The second-order valence-electron chi connectivity index (χ2n) is 20.7. The monoisotopic (exact) mass is 870 g/mol. The summed E-state index contributed by atoms with van der Waals surface area (Å²) in [7, 11) is 0. The van der Waals surface area contributed by atoms with Gasteiger partial charge in [-0.15, -0.1) is 0 Å². The zero-order valence-corrected chi connectivity index (χ0v) is 36.0. The molecule has 0 amide bonds. The van der Waals surface area contributed by atoms with Gasteiger partial charge in [-0.05, 0) is 87.4 Å². The molecule has 1 spiro atoms. The van der Waals surface area contributed by atoms with Crippen LogP contribution < -0.4 is 0 Å². The highest BCUT2D eigenvalue weighted by atomic mass is 16.8. The molecule has 4 aliphatic carbocycles. The van der Waals surface area contributed by atoms with Gasteiger partial charge in [0.15, 0.2) is 24.7 Å². The van der Waals surface area contributed by atoms with E-state index in [1.165, 1.54) is 12.5 Å². The van der Waals surface area contributed by atoms with Crippen LogP contribution in [-0.4, -0.2) is 175 Å². The summed E-state index contributed by atoms with van der Waals surface area (Å²) in [5.74, 6) is 0.818. The lowest BCUT2D eigenvalue weighted by molar-refractivity contribution is -0.351. The highest BCUT2D eigenvalue weighted by molar-refractivity contribution is 5.29. The number of fused-ring (bicyclic) bond motifs is 7. The highest BCUT2D eigenvalue weighted by Crippen LogP contribution is 2.72. The average Bonchev–Trinajstić information content (AvgIpc) is 3.75. The van der Waals surface area contributed by atoms with Crippen LogP contribution >= 0.6 is 0 Å². The van der Waals surface area contributed by atoms with Crippen LogP contribution in [0, 0.1) is 40.4 Å². The van der Waals surface area contributed by atoms with E-state index in [2.05, 4.69) is 33.8 Å². The van der Waals surface area contributed by atoms with Crippen LogP contribution in [0.25, 0.3) is 0 Å². The lowest BCUT2D eigenvalue weighted by Gasteiger charge is -2.60. The maximum Gasteiger partial charge on any atom is 0.187 e. The lowest BCUT2D eigenvalue weighted by atomic mass is 9.46. The van der Waals surface area contributed by atoms with Crippen molar-refractivity contribution < 1.29 is 83.9 Å². The van der Waals surface area contributed by atoms with E-state index in [1.54, 1.807) is 0 Å². The predicted molar refractivity (Wildman–Crippen MR) is 210 cm³/mol. The minimum absolute atomic E-state index is 0.0651. The van der Waals surface area contributed by atoms with E-state index in [-0.39, 0.29) is 29.0 Å². The van der Waals surface area contributed by atoms with Crippen molar-refractivity contribution in [1.29, 1.82) is 0 Å². The quantitative estimate of drug-likeness (QED) is 0.145. The van der Waals surface area contributed by atoms with E-state index in [0.717, 1.165) is 44.9 Å². The second-order valence-corrected chi connectivity index (χ2v) is 20.7. The van der Waals surface area contributed by atoms with Crippen molar-refractivity contribution >= 4 is 0 Å². The van der Waals surface area contributed by atoms with Crippen LogP contribution in [0.1, 0.15) is 92.4 Å². The zero-order chi connectivity index (χ0) is 43.6. The smallest absolute Gasteiger partial charge is 0.187 e. The molecule has 61 heavy (non-hydrogen) atoms. The summed E-state index contributed by atoms with van der Waals surface area (Å²) >= 11 is 0. The fourth-order valence-corrected chi connectivity index (χ4v) is 13.8. The molecule has 8 fully saturated rings. The third kappa shape index (κ3) is 6.97. The third-order valence-electron chi connectivity index (χ3n) is 17.6. The minimum atomic E-state index is -1.71. The van der Waals surface area contributed by atoms with Crippen LogP contribution in [0.15, 0.2) is 11.6 Å². The van der Waals surface area contributed by atoms with Gasteiger partial charge in [-0.3, -0.25) is 0 Å². The molecule has 5 aliphatic heterocycles. The Kier molecular flexibility index (Phi) is 12.2. The van der Waals surface area contributed by atoms with E-state index < -0.39 is 111 Å². The number of allylic oxidation sites excluding steroid dienone is 1. The summed E-state index contributed by atoms with van der Waals surface area (Å²) in [6.45, 7) is 9.86. The number of aliphatic hydroxyl groups excluding tert-OH is 8. The fourth-order valence-electron chi connectivity index (χ4n) is 13.8. The molecule has 0 aromatic rings. The third-order valence-corrected chi connectivity index (χ3v) is 17.6. The van der Waals surface area contributed by atoms with E-state index in [9.17, 15) is 46.0 Å². The molecular formula is C44H70O17. The van der Waals surface area contributed by atoms with Crippen LogP contribution in [0.4, 0.5) is 0 Å². The van der Waals surface area contributed by atoms with Gasteiger partial charge in [-0.1, -0.05) is 39.3 Å². The van der Waals surface area contributed by atoms with Crippen LogP contribution in [0.2, 0.25) is 0 Å². The van der Waals surface area contributed by atoms with Crippen LogP contribution in [-0.2, 0) is 37.9 Å². The molecule has 5 saturated heterocycles. The van der Waals surface area contributed by atoms with Gasteiger partial charge in [0.2, 0.25) is 0 Å². The Hall–Kier alpha value is -0.940. The summed E-state index contributed by atoms with van der Waals surface area (Å²) in [6, 6.07) is 0. The molecule has 0 unspecified atom stereocenters. The van der Waals surface area contributed by atoms with Gasteiger partial charge in [-0.2, -0.15) is 0 Å². The first-order chi connectivity index (χ1) is 28.9. The van der Waals surface area contributed by atoms with Crippen molar-refractivity contribution in [2.45, 2.75) is 202 Å². The normalized spacial score (nSPS) is 58.2. The first kappa shape index (κ1) is 45.2. The van der Waals surface area contributed by atoms with E-state index in [1.807, 2.05) is 0 Å². The molecule has 9 rings (SSSR count). The Bertz CT molecular complexity index is 1610. The Morgan fingerprint density at radius 3 is 2.10 bits per heavy atom. The fraction of sp³-hybridized carbons (Fsp3) is 0.955. The van der Waals surface area contributed by atoms with Crippen molar-refractivity contribution in [3.63, 3.8) is 0 Å². The molecule has 0 aromatic carbocycles. The molecule has 17 heteroatoms. The molecule has 0 aromatic heterocycles. The van der Waals surface area contributed by atoms with Crippen molar-refractivity contribution in [2.24, 2.45) is 40.4 Å². The second kappa shape index (κ2) is 16.4. The average molecular weight is 871 g/mol. The summed E-state index contributed by atoms with van der Waals surface area (Å²) < 4.78 is 48.8.